The Labute approximate surface area is 160 Å². The molecule has 9 heteroatoms. The zero-order valence-electron chi connectivity index (χ0n) is 15.9. The average molecular weight is 397 g/mol. The van der Waals surface area contributed by atoms with E-state index in [0.717, 1.165) is 4.68 Å². The third-order valence-corrected chi connectivity index (χ3v) is 4.83. The van der Waals surface area contributed by atoms with Crippen LogP contribution in [-0.2, 0) is 11.3 Å². The number of benzene rings is 1. The number of morpholine rings is 1. The highest BCUT2D eigenvalue weighted by molar-refractivity contribution is 5.94. The molecule has 1 aromatic heterocycles. The molecule has 1 saturated heterocycles. The average Bonchev–Trinajstić information content (AvgIpc) is 2.92. The van der Waals surface area contributed by atoms with Gasteiger partial charge in [-0.1, -0.05) is 0 Å². The van der Waals surface area contributed by atoms with Gasteiger partial charge in [-0.3, -0.25) is 9.48 Å². The highest BCUT2D eigenvalue weighted by Gasteiger charge is 2.35. The number of ether oxygens (including phenoxy) is 2. The number of halogens is 3. The van der Waals surface area contributed by atoms with E-state index in [1.165, 1.54) is 0 Å². The quantitative estimate of drug-likeness (QED) is 0.795. The van der Waals surface area contributed by atoms with E-state index in [1.54, 1.807) is 50.1 Å². The molecule has 0 saturated carbocycles. The van der Waals surface area contributed by atoms with Crippen LogP contribution in [0.1, 0.15) is 33.4 Å². The molecule has 2 aromatic rings. The molecule has 0 spiro atoms. The van der Waals surface area contributed by atoms with E-state index >= 15 is 0 Å². The van der Waals surface area contributed by atoms with E-state index in [0.29, 0.717) is 41.4 Å². The molecule has 1 amide bonds. The van der Waals surface area contributed by atoms with Gasteiger partial charge in [-0.2, -0.15) is 18.3 Å². The zero-order chi connectivity index (χ0) is 20.5. The summed E-state index contributed by atoms with van der Waals surface area (Å²) in [6.45, 7) is 3.00. The number of aromatic nitrogens is 2. The maximum absolute atomic E-state index is 13.1. The molecule has 1 aromatic carbocycles. The van der Waals surface area contributed by atoms with Crippen LogP contribution in [0.5, 0.6) is 5.75 Å². The number of nitrogens with zero attached hydrogens (tertiary/aromatic N) is 3. The number of rotatable bonds is 4. The monoisotopic (exact) mass is 397 g/mol. The van der Waals surface area contributed by atoms with Crippen molar-refractivity contribution in [3.8, 4) is 5.75 Å². The van der Waals surface area contributed by atoms with Gasteiger partial charge >= 0.3 is 6.18 Å². The SMILES string of the molecule is COc1ccc(C(=O)N2CCOCC2c2c(C)nn(CC(F)(F)F)c2C)cc1. The van der Waals surface area contributed by atoms with Crippen molar-refractivity contribution in [2.45, 2.75) is 32.6 Å². The fourth-order valence-corrected chi connectivity index (χ4v) is 3.50. The maximum Gasteiger partial charge on any atom is 0.408 e. The molecule has 152 valence electrons. The molecule has 0 radical (unpaired) electrons. The molecule has 0 N–H and O–H groups in total. The number of carbonyl (C=O) groups excluding carboxylic acids is 1. The van der Waals surface area contributed by atoms with Crippen molar-refractivity contribution in [3.63, 3.8) is 0 Å². The van der Waals surface area contributed by atoms with E-state index in [2.05, 4.69) is 5.10 Å². The molecule has 1 aliphatic heterocycles. The molecule has 1 fully saturated rings. The van der Waals surface area contributed by atoms with Crippen LogP contribution in [-0.4, -0.2) is 53.6 Å². The van der Waals surface area contributed by atoms with E-state index in [-0.39, 0.29) is 12.5 Å². The van der Waals surface area contributed by atoms with Crippen molar-refractivity contribution in [2.24, 2.45) is 0 Å². The highest BCUT2D eigenvalue weighted by Crippen LogP contribution is 2.32. The fraction of sp³-hybridized carbons (Fsp3) is 0.474. The maximum atomic E-state index is 13.1. The topological polar surface area (TPSA) is 56.6 Å². The van der Waals surface area contributed by atoms with Crippen molar-refractivity contribution in [3.05, 3.63) is 46.8 Å². The van der Waals surface area contributed by atoms with Crippen LogP contribution in [0.3, 0.4) is 0 Å². The van der Waals surface area contributed by atoms with Gasteiger partial charge < -0.3 is 14.4 Å². The molecular weight excluding hydrogens is 375 g/mol. The first-order valence-electron chi connectivity index (χ1n) is 8.84. The smallest absolute Gasteiger partial charge is 0.408 e. The fourth-order valence-electron chi connectivity index (χ4n) is 3.50. The summed E-state index contributed by atoms with van der Waals surface area (Å²) in [5, 5.41) is 4.05. The van der Waals surface area contributed by atoms with E-state index in [9.17, 15) is 18.0 Å². The summed E-state index contributed by atoms with van der Waals surface area (Å²) >= 11 is 0. The number of methoxy groups -OCH3 is 1. The van der Waals surface area contributed by atoms with Gasteiger partial charge in [0, 0.05) is 23.4 Å². The molecule has 1 atom stereocenters. The van der Waals surface area contributed by atoms with Gasteiger partial charge in [0.15, 0.2) is 0 Å². The van der Waals surface area contributed by atoms with Crippen molar-refractivity contribution in [1.29, 1.82) is 0 Å². The summed E-state index contributed by atoms with van der Waals surface area (Å²) < 4.78 is 50.1. The number of amides is 1. The molecule has 2 heterocycles. The molecule has 1 unspecified atom stereocenters. The second-order valence-corrected chi connectivity index (χ2v) is 6.68. The Morgan fingerprint density at radius 2 is 1.96 bits per heavy atom. The van der Waals surface area contributed by atoms with E-state index in [4.69, 9.17) is 9.47 Å². The first kappa shape index (κ1) is 20.2. The Bertz CT molecular complexity index is 847. The van der Waals surface area contributed by atoms with Crippen molar-refractivity contribution in [1.82, 2.24) is 14.7 Å². The molecule has 1 aliphatic rings. The predicted molar refractivity (Wildman–Crippen MR) is 95.3 cm³/mol. The Balaban J connectivity index is 1.92. The number of carbonyl (C=O) groups is 1. The van der Waals surface area contributed by atoms with Crippen LogP contribution in [0.15, 0.2) is 24.3 Å². The summed E-state index contributed by atoms with van der Waals surface area (Å²) in [6, 6.07) is 6.23. The highest BCUT2D eigenvalue weighted by atomic mass is 19.4. The van der Waals surface area contributed by atoms with Gasteiger partial charge in [0.2, 0.25) is 0 Å². The molecule has 28 heavy (non-hydrogen) atoms. The van der Waals surface area contributed by atoms with Crippen molar-refractivity contribution in [2.75, 3.05) is 26.9 Å². The Kier molecular flexibility index (Phi) is 5.64. The first-order valence-corrected chi connectivity index (χ1v) is 8.84. The Morgan fingerprint density at radius 3 is 2.57 bits per heavy atom. The van der Waals surface area contributed by atoms with E-state index < -0.39 is 18.8 Å². The lowest BCUT2D eigenvalue weighted by Crippen LogP contribution is -2.43. The van der Waals surface area contributed by atoms with Crippen molar-refractivity contribution < 1.29 is 27.4 Å². The Hall–Kier alpha value is -2.55. The lowest BCUT2D eigenvalue weighted by Gasteiger charge is -2.36. The minimum Gasteiger partial charge on any atom is -0.497 e. The zero-order valence-corrected chi connectivity index (χ0v) is 15.9. The number of hydrogen-bond donors (Lipinski definition) is 0. The minimum atomic E-state index is -4.37. The van der Waals surface area contributed by atoms with Crippen LogP contribution in [0.25, 0.3) is 0 Å². The summed E-state index contributed by atoms with van der Waals surface area (Å²) in [5.41, 5.74) is 1.93. The van der Waals surface area contributed by atoms with E-state index in [1.807, 2.05) is 0 Å². The summed E-state index contributed by atoms with van der Waals surface area (Å²) in [4.78, 5) is 14.7. The van der Waals surface area contributed by atoms with Crippen LogP contribution >= 0.6 is 0 Å². The second kappa shape index (κ2) is 7.83. The number of alkyl halides is 3. The van der Waals surface area contributed by atoms with Crippen LogP contribution in [0.4, 0.5) is 13.2 Å². The standard InChI is InChI=1S/C19H22F3N3O3/c1-12-17(13(2)25(23-12)11-19(20,21)22)16-10-28-9-8-24(16)18(26)14-4-6-15(27-3)7-5-14/h4-7,16H,8-11H2,1-3H3. The first-order chi connectivity index (χ1) is 13.2. The largest absolute Gasteiger partial charge is 0.497 e. The molecule has 0 aliphatic carbocycles. The Morgan fingerprint density at radius 1 is 1.29 bits per heavy atom. The summed E-state index contributed by atoms with van der Waals surface area (Å²) in [7, 11) is 1.54. The van der Waals surface area contributed by atoms with Gasteiger partial charge in [-0.05, 0) is 38.1 Å². The minimum absolute atomic E-state index is 0.210. The van der Waals surface area contributed by atoms with Gasteiger partial charge in [0.25, 0.3) is 5.91 Å². The van der Waals surface area contributed by atoms with Gasteiger partial charge in [0.05, 0.1) is 32.1 Å². The van der Waals surface area contributed by atoms with Gasteiger partial charge in [-0.25, -0.2) is 0 Å². The normalized spacial score (nSPS) is 17.6. The van der Waals surface area contributed by atoms with Gasteiger partial charge in [0.1, 0.15) is 12.3 Å². The molecule has 3 rings (SSSR count). The molecular formula is C19H22F3N3O3. The number of aryl methyl sites for hydroxylation is 1. The van der Waals surface area contributed by atoms with Crippen LogP contribution in [0.2, 0.25) is 0 Å². The predicted octanol–water partition coefficient (Wildman–Crippen LogP) is 3.28. The summed E-state index contributed by atoms with van der Waals surface area (Å²) in [6.07, 6.45) is -4.37. The van der Waals surface area contributed by atoms with Crippen LogP contribution in [0, 0.1) is 13.8 Å². The number of hydrogen-bond acceptors (Lipinski definition) is 4. The lowest BCUT2D eigenvalue weighted by molar-refractivity contribution is -0.143. The second-order valence-electron chi connectivity index (χ2n) is 6.68. The molecule has 0 bridgehead atoms. The lowest BCUT2D eigenvalue weighted by atomic mass is 10.0. The molecule has 6 nitrogen and oxygen atoms in total. The third kappa shape index (κ3) is 4.14. The van der Waals surface area contributed by atoms with Crippen molar-refractivity contribution >= 4 is 5.91 Å². The van der Waals surface area contributed by atoms with Gasteiger partial charge in [-0.15, -0.1) is 0 Å². The van der Waals surface area contributed by atoms with Crippen LogP contribution < -0.4 is 4.74 Å². The summed E-state index contributed by atoms with van der Waals surface area (Å²) in [5.74, 6) is 0.425. The third-order valence-electron chi connectivity index (χ3n) is 4.83.